The normalized spacial score (nSPS) is 10.4. The Kier molecular flexibility index (Phi) is 1.66. The predicted molar refractivity (Wildman–Crippen MR) is 49.6 cm³/mol. The van der Waals surface area contributed by atoms with Crippen LogP contribution in [0, 0.1) is 0 Å². The fourth-order valence-electron chi connectivity index (χ4n) is 1.06. The van der Waals surface area contributed by atoms with E-state index in [2.05, 4.69) is 4.98 Å². The molecule has 2 heterocycles. The van der Waals surface area contributed by atoms with Gasteiger partial charge in [-0.15, -0.1) is 11.3 Å². The molecule has 0 aliphatic rings. The number of carbonyl (C=O) groups is 1. The molecule has 0 fully saturated rings. The van der Waals surface area contributed by atoms with Gasteiger partial charge in [-0.1, -0.05) is 0 Å². The first-order chi connectivity index (χ1) is 5.77. The lowest BCUT2D eigenvalue weighted by Crippen LogP contribution is -1.83. The summed E-state index contributed by atoms with van der Waals surface area (Å²) >= 11 is 1.49. The molecule has 0 saturated carbocycles. The zero-order valence-electron chi connectivity index (χ0n) is 6.57. The highest BCUT2D eigenvalue weighted by atomic mass is 32.1. The van der Waals surface area contributed by atoms with Gasteiger partial charge in [-0.25, -0.2) is 0 Å². The third-order valence-electron chi connectivity index (χ3n) is 1.67. The standard InChI is InChI=1S/C9H7NOS/c1-6(11)8-4-7-2-3-10-5-9(7)12-8/h2-5H,1H3. The van der Waals surface area contributed by atoms with E-state index in [4.69, 9.17) is 0 Å². The fraction of sp³-hybridized carbons (Fsp3) is 0.111. The average Bonchev–Trinajstić information content (AvgIpc) is 2.46. The van der Waals surface area contributed by atoms with E-state index in [1.807, 2.05) is 12.1 Å². The Bertz CT molecular complexity index is 400. The summed E-state index contributed by atoms with van der Waals surface area (Å²) in [5, 5.41) is 1.10. The molecule has 0 unspecified atom stereocenters. The van der Waals surface area contributed by atoms with Gasteiger partial charge >= 0.3 is 0 Å². The zero-order chi connectivity index (χ0) is 8.55. The van der Waals surface area contributed by atoms with Crippen molar-refractivity contribution in [1.82, 2.24) is 4.98 Å². The van der Waals surface area contributed by atoms with Crippen LogP contribution < -0.4 is 0 Å². The molecule has 2 rings (SSSR count). The minimum Gasteiger partial charge on any atom is -0.294 e. The monoisotopic (exact) mass is 177 g/mol. The van der Waals surface area contributed by atoms with Crippen molar-refractivity contribution in [2.75, 3.05) is 0 Å². The second-order valence-corrected chi connectivity index (χ2v) is 3.66. The van der Waals surface area contributed by atoms with Crippen molar-refractivity contribution in [3.63, 3.8) is 0 Å². The Balaban J connectivity index is 2.70. The van der Waals surface area contributed by atoms with E-state index in [1.54, 1.807) is 19.3 Å². The Hall–Kier alpha value is -1.22. The topological polar surface area (TPSA) is 30.0 Å². The van der Waals surface area contributed by atoms with Crippen molar-refractivity contribution < 1.29 is 4.79 Å². The lowest BCUT2D eigenvalue weighted by Gasteiger charge is -1.81. The van der Waals surface area contributed by atoms with Gasteiger partial charge in [0.2, 0.25) is 0 Å². The first-order valence-electron chi connectivity index (χ1n) is 3.62. The molecule has 12 heavy (non-hydrogen) atoms. The van der Waals surface area contributed by atoms with Crippen LogP contribution in [0.15, 0.2) is 24.5 Å². The number of hydrogen-bond donors (Lipinski definition) is 0. The maximum atomic E-state index is 11.0. The Morgan fingerprint density at radius 3 is 3.08 bits per heavy atom. The largest absolute Gasteiger partial charge is 0.294 e. The maximum Gasteiger partial charge on any atom is 0.169 e. The van der Waals surface area contributed by atoms with E-state index >= 15 is 0 Å². The summed E-state index contributed by atoms with van der Waals surface area (Å²) < 4.78 is 1.07. The van der Waals surface area contributed by atoms with Gasteiger partial charge in [-0.05, 0) is 24.4 Å². The van der Waals surface area contributed by atoms with Crippen LogP contribution in [-0.4, -0.2) is 10.8 Å². The van der Waals surface area contributed by atoms with Crippen molar-refractivity contribution in [1.29, 1.82) is 0 Å². The second kappa shape index (κ2) is 2.68. The number of hydrogen-bond acceptors (Lipinski definition) is 3. The van der Waals surface area contributed by atoms with Crippen LogP contribution in [0.4, 0.5) is 0 Å². The Morgan fingerprint density at radius 2 is 2.42 bits per heavy atom. The number of thiophene rings is 1. The van der Waals surface area contributed by atoms with Crippen LogP contribution >= 0.6 is 11.3 Å². The van der Waals surface area contributed by atoms with Gasteiger partial charge in [0.15, 0.2) is 5.78 Å². The predicted octanol–water partition coefficient (Wildman–Crippen LogP) is 2.50. The fourth-order valence-corrected chi connectivity index (χ4v) is 1.98. The molecule has 0 aromatic carbocycles. The third kappa shape index (κ3) is 1.12. The minimum absolute atomic E-state index is 0.121. The molecule has 0 amide bonds. The van der Waals surface area contributed by atoms with Crippen LogP contribution in [-0.2, 0) is 0 Å². The third-order valence-corrected chi connectivity index (χ3v) is 2.86. The molecule has 0 spiro atoms. The molecule has 2 aromatic heterocycles. The first-order valence-corrected chi connectivity index (χ1v) is 4.43. The van der Waals surface area contributed by atoms with E-state index in [-0.39, 0.29) is 5.78 Å². The SMILES string of the molecule is CC(=O)c1cc2ccncc2s1. The van der Waals surface area contributed by atoms with Crippen LogP contribution in [0.5, 0.6) is 0 Å². The molecular weight excluding hydrogens is 170 g/mol. The molecule has 60 valence electrons. The van der Waals surface area contributed by atoms with Crippen LogP contribution in [0.3, 0.4) is 0 Å². The van der Waals surface area contributed by atoms with E-state index in [0.717, 1.165) is 15.0 Å². The molecule has 0 atom stereocenters. The molecule has 2 aromatic rings. The van der Waals surface area contributed by atoms with Gasteiger partial charge in [0.05, 0.1) is 9.58 Å². The van der Waals surface area contributed by atoms with Crippen molar-refractivity contribution in [3.05, 3.63) is 29.4 Å². The number of carbonyl (C=O) groups excluding carboxylic acids is 1. The van der Waals surface area contributed by atoms with Gasteiger partial charge in [0.25, 0.3) is 0 Å². The highest BCUT2D eigenvalue weighted by Crippen LogP contribution is 2.24. The highest BCUT2D eigenvalue weighted by Gasteiger charge is 2.04. The number of aromatic nitrogens is 1. The second-order valence-electron chi connectivity index (χ2n) is 2.58. The number of ketones is 1. The zero-order valence-corrected chi connectivity index (χ0v) is 7.39. The van der Waals surface area contributed by atoms with Crippen LogP contribution in [0.2, 0.25) is 0 Å². The quantitative estimate of drug-likeness (QED) is 0.626. The molecular formula is C9H7NOS. The number of rotatable bonds is 1. The molecule has 0 aliphatic carbocycles. The Labute approximate surface area is 73.9 Å². The van der Waals surface area contributed by atoms with E-state index in [9.17, 15) is 4.79 Å². The highest BCUT2D eigenvalue weighted by molar-refractivity contribution is 7.20. The van der Waals surface area contributed by atoms with Crippen LogP contribution in [0.25, 0.3) is 10.1 Å². The average molecular weight is 177 g/mol. The maximum absolute atomic E-state index is 11.0. The van der Waals surface area contributed by atoms with Crippen molar-refractivity contribution in [2.45, 2.75) is 6.92 Å². The van der Waals surface area contributed by atoms with Gasteiger partial charge in [0.1, 0.15) is 0 Å². The van der Waals surface area contributed by atoms with Gasteiger partial charge < -0.3 is 0 Å². The molecule has 0 aliphatic heterocycles. The molecule has 0 N–H and O–H groups in total. The number of nitrogens with zero attached hydrogens (tertiary/aromatic N) is 1. The van der Waals surface area contributed by atoms with Crippen molar-refractivity contribution >= 4 is 27.2 Å². The molecule has 0 saturated heterocycles. The lowest BCUT2D eigenvalue weighted by molar-refractivity contribution is 0.102. The summed E-state index contributed by atoms with van der Waals surface area (Å²) in [6, 6.07) is 3.82. The lowest BCUT2D eigenvalue weighted by atomic mass is 10.3. The molecule has 0 bridgehead atoms. The van der Waals surface area contributed by atoms with E-state index in [0.29, 0.717) is 0 Å². The smallest absolute Gasteiger partial charge is 0.169 e. The first kappa shape index (κ1) is 7.43. The summed E-state index contributed by atoms with van der Waals surface area (Å²) in [4.78, 5) is 15.8. The number of fused-ring (bicyclic) bond motifs is 1. The Morgan fingerprint density at radius 1 is 1.58 bits per heavy atom. The number of Topliss-reactive ketones (excluding diaryl/α,β-unsaturated/α-hetero) is 1. The molecule has 2 nitrogen and oxygen atoms in total. The summed E-state index contributed by atoms with van der Waals surface area (Å²) in [5.74, 6) is 0.121. The summed E-state index contributed by atoms with van der Waals surface area (Å²) in [6.07, 6.45) is 3.52. The summed E-state index contributed by atoms with van der Waals surface area (Å²) in [5.41, 5.74) is 0. The summed E-state index contributed by atoms with van der Waals surface area (Å²) in [6.45, 7) is 1.58. The van der Waals surface area contributed by atoms with E-state index < -0.39 is 0 Å². The van der Waals surface area contributed by atoms with Gasteiger partial charge in [-0.2, -0.15) is 0 Å². The minimum atomic E-state index is 0.121. The molecule has 3 heteroatoms. The van der Waals surface area contributed by atoms with Crippen LogP contribution in [0.1, 0.15) is 16.6 Å². The van der Waals surface area contributed by atoms with Crippen molar-refractivity contribution in [2.24, 2.45) is 0 Å². The van der Waals surface area contributed by atoms with Gasteiger partial charge in [-0.3, -0.25) is 9.78 Å². The van der Waals surface area contributed by atoms with Gasteiger partial charge in [0, 0.05) is 12.4 Å². The van der Waals surface area contributed by atoms with Crippen molar-refractivity contribution in [3.8, 4) is 0 Å². The van der Waals surface area contributed by atoms with E-state index in [1.165, 1.54) is 11.3 Å². The number of pyridine rings is 1. The summed E-state index contributed by atoms with van der Waals surface area (Å²) in [7, 11) is 0. The molecule has 0 radical (unpaired) electrons.